The van der Waals surface area contributed by atoms with Crippen molar-refractivity contribution in [3.63, 3.8) is 0 Å². The van der Waals surface area contributed by atoms with Gasteiger partial charge in [0.15, 0.2) is 7.59 Å². The largest absolute Gasteiger partial charge is 0.473 e. The zero-order valence-electron chi connectivity index (χ0n) is 8.81. The highest BCUT2D eigenvalue weighted by Crippen LogP contribution is 2.31. The first-order valence-corrected chi connectivity index (χ1v) is 7.06. The van der Waals surface area contributed by atoms with Crippen LogP contribution in [0, 0.1) is 0 Å². The van der Waals surface area contributed by atoms with Crippen LogP contribution in [0.1, 0.15) is 25.7 Å². The topological polar surface area (TPSA) is 9.23 Å². The van der Waals surface area contributed by atoms with E-state index in [4.69, 9.17) is 74.3 Å². The van der Waals surface area contributed by atoms with E-state index in [1.807, 2.05) is 0 Å². The van der Waals surface area contributed by atoms with Gasteiger partial charge in [0.1, 0.15) is 0 Å². The van der Waals surface area contributed by atoms with Crippen LogP contribution in [-0.4, -0.2) is 7.59 Å². The Kier molecular flexibility index (Phi) is 9.55. The van der Waals surface area contributed by atoms with E-state index >= 15 is 0 Å². The maximum atomic E-state index is 5.56. The van der Waals surface area contributed by atoms with Crippen LogP contribution in [0.3, 0.4) is 0 Å². The molecule has 0 N–H and O–H groups in total. The second-order valence-corrected chi connectivity index (χ2v) is 8.22. The third-order valence-electron chi connectivity index (χ3n) is 1.54. The predicted molar refractivity (Wildman–Crippen MR) is 78.4 cm³/mol. The lowest BCUT2D eigenvalue weighted by Gasteiger charge is -2.07. The van der Waals surface area contributed by atoms with Gasteiger partial charge in [-0.3, -0.25) is 0 Å². The summed E-state index contributed by atoms with van der Waals surface area (Å²) >= 11 is 33.4. The molecule has 17 heavy (non-hydrogen) atoms. The summed E-state index contributed by atoms with van der Waals surface area (Å²) < 4.78 is 2.61. The smallest absolute Gasteiger partial charge is 0.190 e. The van der Waals surface area contributed by atoms with E-state index in [1.54, 1.807) is 12.2 Å². The highest BCUT2D eigenvalue weighted by atomic mass is 35.6. The molecule has 0 atom stereocenters. The number of hydrogen-bond donors (Lipinski definition) is 0. The molecule has 0 fully saturated rings. The van der Waals surface area contributed by atoms with Crippen molar-refractivity contribution >= 4 is 69.6 Å². The molecule has 0 saturated heterocycles. The van der Waals surface area contributed by atoms with Gasteiger partial charge in [0.2, 0.25) is 0 Å². The van der Waals surface area contributed by atoms with Gasteiger partial charge in [-0.05, 0) is 37.8 Å². The summed E-state index contributed by atoms with van der Waals surface area (Å²) in [6, 6.07) is 0. The summed E-state index contributed by atoms with van der Waals surface area (Å²) in [5, 5.41) is 0. The summed E-state index contributed by atoms with van der Waals surface area (Å²) in [7, 11) is 0. The molecule has 0 bridgehead atoms. The van der Waals surface area contributed by atoms with Gasteiger partial charge in [0.25, 0.3) is 0 Å². The average Bonchev–Trinajstić information content (AvgIpc) is 2.11. The normalized spacial score (nSPS) is 13.8. The summed E-state index contributed by atoms with van der Waals surface area (Å²) in [6.45, 7) is 0. The van der Waals surface area contributed by atoms with Crippen molar-refractivity contribution in [2.75, 3.05) is 0 Å². The van der Waals surface area contributed by atoms with E-state index < -0.39 is 7.59 Å². The lowest BCUT2D eigenvalue weighted by molar-refractivity contribution is 0.398. The molecule has 7 heteroatoms. The van der Waals surface area contributed by atoms with E-state index in [9.17, 15) is 0 Å². The number of halogens is 6. The molecule has 0 unspecified atom stereocenters. The van der Waals surface area contributed by atoms with Gasteiger partial charge in [-0.1, -0.05) is 69.6 Å². The summed E-state index contributed by atoms with van der Waals surface area (Å²) in [5.74, 6) is 0. The van der Waals surface area contributed by atoms with E-state index in [-0.39, 0.29) is 0 Å². The number of ether oxygens (including phenoxy) is 1. The number of hydrogen-bond acceptors (Lipinski definition) is 1. The molecule has 1 nitrogen and oxygen atoms in total. The minimum Gasteiger partial charge on any atom is -0.473 e. The number of allylic oxidation sites excluding steroid dienone is 2. The third-order valence-corrected chi connectivity index (χ3v) is 2.67. The predicted octanol–water partition coefficient (Wildman–Crippen LogP) is 6.33. The molecule has 0 amide bonds. The van der Waals surface area contributed by atoms with Crippen LogP contribution in [0.5, 0.6) is 0 Å². The molecular formula is C10H12Cl6O. The van der Waals surface area contributed by atoms with Gasteiger partial charge in [0.05, 0.1) is 12.5 Å². The minimum absolute atomic E-state index is 0.439. The van der Waals surface area contributed by atoms with Crippen molar-refractivity contribution in [2.24, 2.45) is 0 Å². The van der Waals surface area contributed by atoms with Crippen molar-refractivity contribution in [1.82, 2.24) is 0 Å². The molecule has 0 spiro atoms. The van der Waals surface area contributed by atoms with Crippen LogP contribution in [-0.2, 0) is 4.74 Å². The quantitative estimate of drug-likeness (QED) is 0.397. The Bertz CT molecular complexity index is 225. The lowest BCUT2D eigenvalue weighted by Crippen LogP contribution is -1.99. The average molecular weight is 361 g/mol. The molecule has 0 aromatic carbocycles. The molecule has 0 saturated carbocycles. The van der Waals surface area contributed by atoms with Crippen molar-refractivity contribution < 1.29 is 4.74 Å². The van der Waals surface area contributed by atoms with E-state index in [2.05, 4.69) is 0 Å². The maximum absolute atomic E-state index is 5.56. The van der Waals surface area contributed by atoms with Crippen molar-refractivity contribution in [2.45, 2.75) is 33.3 Å². The summed E-state index contributed by atoms with van der Waals surface area (Å²) in [4.78, 5) is 0. The van der Waals surface area contributed by atoms with Crippen LogP contribution in [0.4, 0.5) is 0 Å². The highest BCUT2D eigenvalue weighted by Gasteiger charge is 2.17. The van der Waals surface area contributed by atoms with Crippen molar-refractivity contribution in [3.05, 3.63) is 24.7 Å². The Morgan fingerprint density at radius 2 is 1.06 bits per heavy atom. The summed E-state index contributed by atoms with van der Waals surface area (Å²) in [6.07, 6.45) is 8.69. The Morgan fingerprint density at radius 1 is 0.706 bits per heavy atom. The van der Waals surface area contributed by atoms with Crippen molar-refractivity contribution in [3.8, 4) is 0 Å². The molecule has 0 radical (unpaired) electrons. The van der Waals surface area contributed by atoms with Gasteiger partial charge < -0.3 is 4.74 Å². The van der Waals surface area contributed by atoms with Crippen LogP contribution >= 0.6 is 69.6 Å². The molecular weight excluding hydrogens is 349 g/mol. The Labute approximate surface area is 132 Å². The minimum atomic E-state index is -1.22. The van der Waals surface area contributed by atoms with Gasteiger partial charge in [-0.15, -0.1) is 0 Å². The molecule has 0 aromatic rings. The molecule has 0 aliphatic rings. The van der Waals surface area contributed by atoms with Crippen LogP contribution in [0.15, 0.2) is 24.7 Å². The number of alkyl halides is 6. The molecule has 0 aromatic heterocycles. The number of rotatable bonds is 6. The first kappa shape index (κ1) is 18.0. The van der Waals surface area contributed by atoms with Gasteiger partial charge in [0, 0.05) is 0 Å². The fourth-order valence-corrected chi connectivity index (χ4v) is 1.44. The first-order valence-electron chi connectivity index (χ1n) is 4.80. The fourth-order valence-electron chi connectivity index (χ4n) is 0.787. The standard InChI is InChI=1S/C10H12Cl6O/c11-9(12,13)5-1-3-7-17-8-4-2-6-10(14,15)16/h3-4,7-8H,1-2,5-6H2. The first-order chi connectivity index (χ1) is 7.71. The van der Waals surface area contributed by atoms with E-state index in [0.29, 0.717) is 25.7 Å². The second-order valence-electron chi connectivity index (χ2n) is 3.19. The zero-order valence-corrected chi connectivity index (χ0v) is 13.3. The highest BCUT2D eigenvalue weighted by molar-refractivity contribution is 6.67. The van der Waals surface area contributed by atoms with Crippen LogP contribution in [0.2, 0.25) is 0 Å². The summed E-state index contributed by atoms with van der Waals surface area (Å²) in [5.41, 5.74) is 0. The van der Waals surface area contributed by atoms with Crippen LogP contribution < -0.4 is 0 Å². The van der Waals surface area contributed by atoms with Crippen molar-refractivity contribution in [1.29, 1.82) is 0 Å². The second kappa shape index (κ2) is 9.01. The molecule has 0 rings (SSSR count). The van der Waals surface area contributed by atoms with E-state index in [0.717, 1.165) is 0 Å². The molecule has 100 valence electrons. The monoisotopic (exact) mass is 358 g/mol. The lowest BCUT2D eigenvalue weighted by atomic mass is 10.3. The Morgan fingerprint density at radius 3 is 1.35 bits per heavy atom. The molecule has 0 heterocycles. The molecule has 0 aliphatic carbocycles. The van der Waals surface area contributed by atoms with Gasteiger partial charge in [-0.2, -0.15) is 0 Å². The fraction of sp³-hybridized carbons (Fsp3) is 0.600. The third kappa shape index (κ3) is 17.0. The SMILES string of the molecule is ClC(Cl)(Cl)CCC=COC=CCCC(Cl)(Cl)Cl. The van der Waals surface area contributed by atoms with Gasteiger partial charge in [-0.25, -0.2) is 0 Å². The molecule has 0 aliphatic heterocycles. The maximum Gasteiger partial charge on any atom is 0.190 e. The Hall–Kier alpha value is 1.02. The Balaban J connectivity index is 3.50. The van der Waals surface area contributed by atoms with Gasteiger partial charge >= 0.3 is 0 Å². The zero-order chi connectivity index (χ0) is 13.4. The van der Waals surface area contributed by atoms with Crippen LogP contribution in [0.25, 0.3) is 0 Å². The van der Waals surface area contributed by atoms with E-state index in [1.165, 1.54) is 12.5 Å².